The molecule has 2 N–H and O–H groups in total. The van der Waals surface area contributed by atoms with Gasteiger partial charge in [0, 0.05) is 55.9 Å². The number of nitrogens with one attached hydrogen (secondary N) is 2. The van der Waals surface area contributed by atoms with Gasteiger partial charge in [0.15, 0.2) is 0 Å². The first-order valence-corrected chi connectivity index (χ1v) is 13.9. The average molecular weight is 546 g/mol. The molecule has 3 aliphatic heterocycles. The molecule has 0 bridgehead atoms. The highest BCUT2D eigenvalue weighted by atomic mass is 16.5. The smallest absolute Gasteiger partial charge is 0.253 e. The molecule has 11 nitrogen and oxygen atoms in total. The molecule has 11 heteroatoms. The number of nitrogens with zero attached hydrogens (tertiary/aromatic N) is 5. The van der Waals surface area contributed by atoms with Gasteiger partial charge in [0.05, 0.1) is 31.6 Å². The number of carbonyl (C=O) groups excluding carboxylic acids is 3. The average Bonchev–Trinajstić information content (AvgIpc) is 3.57. The van der Waals surface area contributed by atoms with Crippen LogP contribution in [0.3, 0.4) is 0 Å². The van der Waals surface area contributed by atoms with Crippen molar-refractivity contribution >= 4 is 34.3 Å². The van der Waals surface area contributed by atoms with Crippen molar-refractivity contribution in [1.29, 1.82) is 0 Å². The minimum absolute atomic E-state index is 0.0143. The van der Waals surface area contributed by atoms with Gasteiger partial charge in [-0.05, 0) is 43.2 Å². The molecule has 1 aromatic heterocycles. The number of benzene rings is 2. The summed E-state index contributed by atoms with van der Waals surface area (Å²) >= 11 is 0. The molecule has 3 aliphatic rings. The number of carbonyl (C=O) groups is 3. The number of fused-ring (bicyclic) bond motifs is 1. The zero-order valence-corrected chi connectivity index (χ0v) is 22.6. The van der Waals surface area contributed by atoms with Gasteiger partial charge in [-0.15, -0.1) is 0 Å². The molecule has 3 saturated heterocycles. The molecular weight excluding hydrogens is 510 g/mol. The summed E-state index contributed by atoms with van der Waals surface area (Å²) < 4.78 is 5.38. The van der Waals surface area contributed by atoms with E-state index in [4.69, 9.17) is 4.74 Å². The van der Waals surface area contributed by atoms with Crippen molar-refractivity contribution < 1.29 is 19.1 Å². The summed E-state index contributed by atoms with van der Waals surface area (Å²) in [5, 5.41) is 10.8. The van der Waals surface area contributed by atoms with Crippen molar-refractivity contribution in [2.75, 3.05) is 70.6 Å². The van der Waals surface area contributed by atoms with E-state index < -0.39 is 5.54 Å². The summed E-state index contributed by atoms with van der Waals surface area (Å²) in [6, 6.07) is 15.4. The lowest BCUT2D eigenvalue weighted by Crippen LogP contribution is -2.57. The number of aromatic amines is 1. The molecule has 0 unspecified atom stereocenters. The lowest BCUT2D eigenvalue weighted by Gasteiger charge is -2.43. The predicted octanol–water partition coefficient (Wildman–Crippen LogP) is 1.29. The van der Waals surface area contributed by atoms with Gasteiger partial charge in [0.2, 0.25) is 5.91 Å². The van der Waals surface area contributed by atoms with Crippen LogP contribution < -0.4 is 10.2 Å². The molecule has 210 valence electrons. The zero-order valence-electron chi connectivity index (χ0n) is 22.6. The quantitative estimate of drug-likeness (QED) is 0.460. The third-order valence-corrected chi connectivity index (χ3v) is 8.34. The fourth-order valence-electron chi connectivity index (χ4n) is 6.07. The van der Waals surface area contributed by atoms with Gasteiger partial charge in [-0.2, -0.15) is 5.10 Å². The number of anilines is 1. The summed E-state index contributed by atoms with van der Waals surface area (Å²) in [5.74, 6) is -0.258. The largest absolute Gasteiger partial charge is 0.379 e. The second-order valence-electron chi connectivity index (χ2n) is 10.7. The molecular formula is C29H35N7O4. The number of hydrogen-bond donors (Lipinski definition) is 2. The molecule has 3 aromatic rings. The summed E-state index contributed by atoms with van der Waals surface area (Å²) in [4.78, 5) is 48.0. The number of ether oxygens (including phenoxy) is 1. The topological polar surface area (TPSA) is 114 Å². The molecule has 3 amide bonds. The number of H-pyrrole nitrogens is 1. The summed E-state index contributed by atoms with van der Waals surface area (Å²) in [6.07, 6.45) is 2.70. The van der Waals surface area contributed by atoms with Crippen LogP contribution in [-0.4, -0.2) is 114 Å². The van der Waals surface area contributed by atoms with Crippen LogP contribution in [0.4, 0.5) is 5.69 Å². The van der Waals surface area contributed by atoms with Gasteiger partial charge in [0.1, 0.15) is 12.1 Å². The highest BCUT2D eigenvalue weighted by Gasteiger charge is 2.54. The van der Waals surface area contributed by atoms with Crippen molar-refractivity contribution in [2.45, 2.75) is 18.4 Å². The Morgan fingerprint density at radius 1 is 1.02 bits per heavy atom. The van der Waals surface area contributed by atoms with Crippen LogP contribution in [0, 0.1) is 0 Å². The van der Waals surface area contributed by atoms with E-state index in [-0.39, 0.29) is 24.3 Å². The Bertz CT molecular complexity index is 1360. The van der Waals surface area contributed by atoms with Crippen LogP contribution in [0.25, 0.3) is 10.9 Å². The van der Waals surface area contributed by atoms with Gasteiger partial charge in [0.25, 0.3) is 11.8 Å². The van der Waals surface area contributed by atoms with Crippen LogP contribution in [0.15, 0.2) is 54.7 Å². The summed E-state index contributed by atoms with van der Waals surface area (Å²) in [6.45, 7) is 5.74. The number of para-hydroxylation sites is 1. The van der Waals surface area contributed by atoms with Gasteiger partial charge in [-0.25, -0.2) is 0 Å². The number of hydrogen-bond acceptors (Lipinski definition) is 7. The van der Waals surface area contributed by atoms with Gasteiger partial charge in [-0.3, -0.25) is 24.4 Å². The lowest BCUT2D eigenvalue weighted by atomic mass is 9.85. The van der Waals surface area contributed by atoms with E-state index in [0.29, 0.717) is 44.7 Å². The first-order valence-electron chi connectivity index (χ1n) is 13.9. The summed E-state index contributed by atoms with van der Waals surface area (Å²) in [7, 11) is 0. The van der Waals surface area contributed by atoms with E-state index in [1.165, 1.54) is 0 Å². The first-order chi connectivity index (χ1) is 19.5. The van der Waals surface area contributed by atoms with Crippen molar-refractivity contribution in [1.82, 2.24) is 30.2 Å². The van der Waals surface area contributed by atoms with E-state index in [9.17, 15) is 14.4 Å². The van der Waals surface area contributed by atoms with Crippen LogP contribution in [0.2, 0.25) is 0 Å². The lowest BCUT2D eigenvalue weighted by molar-refractivity contribution is -0.137. The minimum Gasteiger partial charge on any atom is -0.379 e. The summed E-state index contributed by atoms with van der Waals surface area (Å²) in [5.41, 5.74) is 1.64. The predicted molar refractivity (Wildman–Crippen MR) is 150 cm³/mol. The van der Waals surface area contributed by atoms with Crippen molar-refractivity contribution in [3.8, 4) is 0 Å². The van der Waals surface area contributed by atoms with Crippen molar-refractivity contribution in [3.05, 3.63) is 60.3 Å². The fraction of sp³-hybridized carbons (Fsp3) is 0.448. The number of piperidine rings is 1. The minimum atomic E-state index is -0.791. The molecule has 0 saturated carbocycles. The van der Waals surface area contributed by atoms with Gasteiger partial charge in [-0.1, -0.05) is 18.2 Å². The monoisotopic (exact) mass is 545 g/mol. The highest BCUT2D eigenvalue weighted by molar-refractivity contribution is 5.99. The number of likely N-dealkylation sites (tertiary alicyclic amines) is 1. The Morgan fingerprint density at radius 3 is 2.58 bits per heavy atom. The number of aromatic nitrogens is 2. The zero-order chi connectivity index (χ0) is 27.5. The molecule has 0 aliphatic carbocycles. The third kappa shape index (κ3) is 5.14. The Hall–Kier alpha value is -3.96. The SMILES string of the molecule is O=C(CN1CN(c2ccccc2)C2(CCN(C(=O)c3ccc4[nH]ncc4c3)CC2)C1=O)NCCN1CCOCC1. The van der Waals surface area contributed by atoms with E-state index in [2.05, 4.69) is 25.3 Å². The Morgan fingerprint density at radius 2 is 1.80 bits per heavy atom. The van der Waals surface area contributed by atoms with E-state index in [1.54, 1.807) is 11.1 Å². The Labute approximate surface area is 233 Å². The molecule has 0 atom stereocenters. The number of morpholine rings is 1. The second kappa shape index (κ2) is 11.3. The molecule has 0 radical (unpaired) electrons. The van der Waals surface area contributed by atoms with Crippen LogP contribution in [-0.2, 0) is 14.3 Å². The maximum atomic E-state index is 14.0. The molecule has 40 heavy (non-hydrogen) atoms. The third-order valence-electron chi connectivity index (χ3n) is 8.34. The van der Waals surface area contributed by atoms with Gasteiger partial charge >= 0.3 is 0 Å². The molecule has 4 heterocycles. The molecule has 1 spiro atoms. The Balaban J connectivity index is 1.13. The molecule has 2 aromatic carbocycles. The van der Waals surface area contributed by atoms with Crippen LogP contribution in [0.1, 0.15) is 23.2 Å². The number of amides is 3. The second-order valence-corrected chi connectivity index (χ2v) is 10.7. The highest BCUT2D eigenvalue weighted by Crippen LogP contribution is 2.39. The van der Waals surface area contributed by atoms with Gasteiger partial charge < -0.3 is 24.8 Å². The fourth-order valence-corrected chi connectivity index (χ4v) is 6.07. The standard InChI is InChI=1S/C29H35N7O4/c37-26(30-10-13-33-14-16-40-17-15-33)20-35-21-36(24-4-2-1-3-5-24)29(28(35)39)8-11-34(12-9-29)27(38)22-6-7-25-23(18-22)19-31-32-25/h1-7,18-19H,8-17,20-21H2,(H,30,37)(H,31,32). The first kappa shape index (κ1) is 26.3. The number of rotatable bonds is 7. The van der Waals surface area contributed by atoms with Crippen molar-refractivity contribution in [3.63, 3.8) is 0 Å². The normalized spacial score (nSPS) is 19.5. The molecule has 6 rings (SSSR count). The van der Waals surface area contributed by atoms with Crippen LogP contribution >= 0.6 is 0 Å². The van der Waals surface area contributed by atoms with E-state index in [1.807, 2.05) is 53.4 Å². The van der Waals surface area contributed by atoms with Crippen LogP contribution in [0.5, 0.6) is 0 Å². The van der Waals surface area contributed by atoms with E-state index in [0.717, 1.165) is 49.4 Å². The maximum absolute atomic E-state index is 14.0. The van der Waals surface area contributed by atoms with E-state index >= 15 is 0 Å². The maximum Gasteiger partial charge on any atom is 0.253 e. The molecule has 3 fully saturated rings. The Kier molecular flexibility index (Phi) is 7.40. The van der Waals surface area contributed by atoms with Crippen molar-refractivity contribution in [2.24, 2.45) is 0 Å².